The van der Waals surface area contributed by atoms with Gasteiger partial charge in [0.2, 0.25) is 6.79 Å². The predicted octanol–water partition coefficient (Wildman–Crippen LogP) is 5.06. The van der Waals surface area contributed by atoms with Gasteiger partial charge in [0.25, 0.3) is 0 Å². The molecule has 1 aliphatic rings. The fourth-order valence-corrected chi connectivity index (χ4v) is 3.59. The first-order valence-electron chi connectivity index (χ1n) is 9.67. The summed E-state index contributed by atoms with van der Waals surface area (Å²) in [6.45, 7) is 1.62. The van der Waals surface area contributed by atoms with Gasteiger partial charge in [-0.15, -0.1) is 0 Å². The molecule has 28 heavy (non-hydrogen) atoms. The zero-order valence-electron chi connectivity index (χ0n) is 15.7. The molecular formula is C24H24FNO2. The Labute approximate surface area is 165 Å². The fourth-order valence-electron chi connectivity index (χ4n) is 3.59. The average molecular weight is 377 g/mol. The van der Waals surface area contributed by atoms with Crippen LogP contribution in [-0.4, -0.2) is 13.3 Å². The molecule has 0 spiro atoms. The van der Waals surface area contributed by atoms with Crippen LogP contribution in [0.1, 0.15) is 29.0 Å². The van der Waals surface area contributed by atoms with E-state index in [1.807, 2.05) is 24.3 Å². The molecule has 1 heterocycles. The molecule has 0 bridgehead atoms. The maximum atomic E-state index is 13.8. The van der Waals surface area contributed by atoms with Gasteiger partial charge in [0.05, 0.1) is 0 Å². The van der Waals surface area contributed by atoms with E-state index in [1.165, 1.54) is 17.2 Å². The second kappa shape index (κ2) is 8.89. The monoisotopic (exact) mass is 377 g/mol. The van der Waals surface area contributed by atoms with Gasteiger partial charge in [0.1, 0.15) is 5.82 Å². The van der Waals surface area contributed by atoms with Gasteiger partial charge in [0, 0.05) is 12.1 Å². The van der Waals surface area contributed by atoms with Gasteiger partial charge >= 0.3 is 0 Å². The van der Waals surface area contributed by atoms with Crippen LogP contribution in [-0.2, 0) is 13.0 Å². The van der Waals surface area contributed by atoms with E-state index in [2.05, 4.69) is 41.7 Å². The number of halogens is 1. The predicted molar refractivity (Wildman–Crippen MR) is 108 cm³/mol. The largest absolute Gasteiger partial charge is 0.454 e. The standard InChI is InChI=1S/C24H24FNO2/c25-22-9-5-4-8-21(22)16-26-13-12-20(14-18-6-2-1-3-7-18)19-10-11-23-24(15-19)28-17-27-23/h1-11,15,20,26H,12-14,16-17H2/t20-/m1/s1. The molecule has 1 N–H and O–H groups in total. The van der Waals surface area contributed by atoms with Gasteiger partial charge in [-0.2, -0.15) is 0 Å². The fraction of sp³-hybridized carbons (Fsp3) is 0.250. The Morgan fingerprint density at radius 2 is 1.68 bits per heavy atom. The molecule has 3 aromatic rings. The summed E-state index contributed by atoms with van der Waals surface area (Å²) >= 11 is 0. The van der Waals surface area contributed by atoms with Crippen LogP contribution in [0, 0.1) is 5.82 Å². The Kier molecular flexibility index (Phi) is 5.88. The van der Waals surface area contributed by atoms with Crippen molar-refractivity contribution in [3.63, 3.8) is 0 Å². The molecule has 3 aromatic carbocycles. The van der Waals surface area contributed by atoms with Crippen LogP contribution in [0.25, 0.3) is 0 Å². The maximum Gasteiger partial charge on any atom is 0.231 e. The summed E-state index contributed by atoms with van der Waals surface area (Å²) < 4.78 is 24.8. The van der Waals surface area contributed by atoms with Gasteiger partial charge in [-0.1, -0.05) is 54.6 Å². The summed E-state index contributed by atoms with van der Waals surface area (Å²) in [5, 5.41) is 3.38. The van der Waals surface area contributed by atoms with E-state index in [-0.39, 0.29) is 12.6 Å². The molecule has 0 amide bonds. The third kappa shape index (κ3) is 4.52. The number of benzene rings is 3. The lowest BCUT2D eigenvalue weighted by Crippen LogP contribution is -2.19. The zero-order chi connectivity index (χ0) is 19.2. The third-order valence-electron chi connectivity index (χ3n) is 5.14. The molecular weight excluding hydrogens is 353 g/mol. The van der Waals surface area contributed by atoms with Crippen LogP contribution in [0.5, 0.6) is 11.5 Å². The van der Waals surface area contributed by atoms with Crippen LogP contribution >= 0.6 is 0 Å². The smallest absolute Gasteiger partial charge is 0.231 e. The molecule has 144 valence electrons. The topological polar surface area (TPSA) is 30.5 Å². The summed E-state index contributed by atoms with van der Waals surface area (Å²) in [5.41, 5.74) is 3.24. The maximum absolute atomic E-state index is 13.8. The van der Waals surface area contributed by atoms with Crippen molar-refractivity contribution in [3.05, 3.63) is 95.3 Å². The van der Waals surface area contributed by atoms with Crippen molar-refractivity contribution in [1.82, 2.24) is 5.32 Å². The summed E-state index contributed by atoms with van der Waals surface area (Å²) in [6.07, 6.45) is 1.89. The van der Waals surface area contributed by atoms with Crippen molar-refractivity contribution in [1.29, 1.82) is 0 Å². The summed E-state index contributed by atoms with van der Waals surface area (Å²) in [5.74, 6) is 1.80. The summed E-state index contributed by atoms with van der Waals surface area (Å²) in [7, 11) is 0. The van der Waals surface area contributed by atoms with Gasteiger partial charge < -0.3 is 14.8 Å². The van der Waals surface area contributed by atoms with Gasteiger partial charge in [0.15, 0.2) is 11.5 Å². The average Bonchev–Trinajstić information content (AvgIpc) is 3.20. The molecule has 3 nitrogen and oxygen atoms in total. The highest BCUT2D eigenvalue weighted by Gasteiger charge is 2.18. The Hall–Kier alpha value is -2.85. The van der Waals surface area contributed by atoms with Crippen molar-refractivity contribution in [2.45, 2.75) is 25.3 Å². The van der Waals surface area contributed by atoms with Crippen molar-refractivity contribution in [2.24, 2.45) is 0 Å². The normalized spacial score (nSPS) is 13.5. The molecule has 0 radical (unpaired) electrons. The van der Waals surface area contributed by atoms with Gasteiger partial charge in [-0.3, -0.25) is 0 Å². The van der Waals surface area contributed by atoms with E-state index in [9.17, 15) is 4.39 Å². The number of fused-ring (bicyclic) bond motifs is 1. The number of rotatable bonds is 8. The molecule has 0 saturated carbocycles. The first-order valence-corrected chi connectivity index (χ1v) is 9.67. The number of hydrogen-bond acceptors (Lipinski definition) is 3. The SMILES string of the molecule is Fc1ccccc1CNCC[C@H](Cc1ccccc1)c1ccc2c(c1)OCO2. The zero-order valence-corrected chi connectivity index (χ0v) is 15.7. The Balaban J connectivity index is 1.43. The summed E-state index contributed by atoms with van der Waals surface area (Å²) in [4.78, 5) is 0. The molecule has 0 unspecified atom stereocenters. The lowest BCUT2D eigenvalue weighted by molar-refractivity contribution is 0.174. The van der Waals surface area contributed by atoms with Crippen molar-refractivity contribution in [2.75, 3.05) is 13.3 Å². The Bertz CT molecular complexity index is 913. The number of nitrogens with one attached hydrogen (secondary N) is 1. The highest BCUT2D eigenvalue weighted by Crippen LogP contribution is 2.36. The van der Waals surface area contributed by atoms with E-state index >= 15 is 0 Å². The van der Waals surface area contributed by atoms with Crippen molar-refractivity contribution >= 4 is 0 Å². The number of ether oxygens (including phenoxy) is 2. The molecule has 0 saturated heterocycles. The molecule has 0 aliphatic carbocycles. The highest BCUT2D eigenvalue weighted by molar-refractivity contribution is 5.45. The lowest BCUT2D eigenvalue weighted by atomic mass is 9.89. The summed E-state index contributed by atoms with van der Waals surface area (Å²) in [6, 6.07) is 23.6. The van der Waals surface area contributed by atoms with Gasteiger partial charge in [-0.05, 0) is 54.6 Å². The highest BCUT2D eigenvalue weighted by atomic mass is 19.1. The van der Waals surface area contributed by atoms with E-state index in [0.29, 0.717) is 18.0 Å². The third-order valence-corrected chi connectivity index (χ3v) is 5.14. The second-order valence-electron chi connectivity index (χ2n) is 7.06. The van der Waals surface area contributed by atoms with Crippen LogP contribution < -0.4 is 14.8 Å². The van der Waals surface area contributed by atoms with E-state index < -0.39 is 0 Å². The number of hydrogen-bond donors (Lipinski definition) is 1. The van der Waals surface area contributed by atoms with Crippen LogP contribution in [0.3, 0.4) is 0 Å². The first kappa shape index (κ1) is 18.5. The quantitative estimate of drug-likeness (QED) is 0.557. The van der Waals surface area contributed by atoms with Crippen molar-refractivity contribution < 1.29 is 13.9 Å². The minimum Gasteiger partial charge on any atom is -0.454 e. The molecule has 4 heteroatoms. The van der Waals surface area contributed by atoms with Crippen LogP contribution in [0.2, 0.25) is 0 Å². The van der Waals surface area contributed by atoms with Crippen LogP contribution in [0.4, 0.5) is 4.39 Å². The molecule has 4 rings (SSSR count). The Morgan fingerprint density at radius 1 is 0.893 bits per heavy atom. The van der Waals surface area contributed by atoms with E-state index in [1.54, 1.807) is 6.07 Å². The molecule has 0 fully saturated rings. The molecule has 1 atom stereocenters. The van der Waals surface area contributed by atoms with E-state index in [4.69, 9.17) is 9.47 Å². The minimum absolute atomic E-state index is 0.161. The van der Waals surface area contributed by atoms with E-state index in [0.717, 1.165) is 30.9 Å². The second-order valence-corrected chi connectivity index (χ2v) is 7.06. The molecule has 0 aromatic heterocycles. The Morgan fingerprint density at radius 3 is 2.54 bits per heavy atom. The lowest BCUT2D eigenvalue weighted by Gasteiger charge is -2.19. The molecule has 1 aliphatic heterocycles. The van der Waals surface area contributed by atoms with Crippen molar-refractivity contribution in [3.8, 4) is 11.5 Å². The van der Waals surface area contributed by atoms with Gasteiger partial charge in [-0.25, -0.2) is 4.39 Å². The van der Waals surface area contributed by atoms with Crippen LogP contribution in [0.15, 0.2) is 72.8 Å². The minimum atomic E-state index is -0.161. The first-order chi connectivity index (χ1) is 13.8.